The highest BCUT2D eigenvalue weighted by Crippen LogP contribution is 2.28. The van der Waals surface area contributed by atoms with Gasteiger partial charge >= 0.3 is 0 Å². The third-order valence-electron chi connectivity index (χ3n) is 3.90. The van der Waals surface area contributed by atoms with Crippen molar-refractivity contribution >= 4 is 10.9 Å². The van der Waals surface area contributed by atoms with Crippen molar-refractivity contribution in [3.8, 4) is 5.75 Å². The molecule has 3 rings (SSSR count). The van der Waals surface area contributed by atoms with Crippen LogP contribution < -0.4 is 10.5 Å². The number of nitrogens with zero attached hydrogens (tertiary/aromatic N) is 2. The second-order valence-corrected chi connectivity index (χ2v) is 5.45. The van der Waals surface area contributed by atoms with Crippen LogP contribution in [-0.2, 0) is 6.54 Å². The van der Waals surface area contributed by atoms with Gasteiger partial charge in [0.2, 0.25) is 0 Å². The average molecular weight is 271 g/mol. The van der Waals surface area contributed by atoms with Crippen LogP contribution >= 0.6 is 0 Å². The Hall–Kier alpha value is -1.65. The average Bonchev–Trinajstić information content (AvgIpc) is 2.49. The molecule has 0 aliphatic carbocycles. The number of hydrogen-bond acceptors (Lipinski definition) is 4. The van der Waals surface area contributed by atoms with Gasteiger partial charge in [0.15, 0.2) is 0 Å². The minimum absolute atomic E-state index is 0.294. The third kappa shape index (κ3) is 2.76. The number of benzene rings is 1. The number of fused-ring (bicyclic) bond motifs is 1. The Morgan fingerprint density at radius 2 is 2.05 bits per heavy atom. The van der Waals surface area contributed by atoms with Crippen LogP contribution in [0.25, 0.3) is 10.9 Å². The molecule has 2 heterocycles. The fourth-order valence-corrected chi connectivity index (χ4v) is 2.68. The molecule has 0 amide bonds. The molecule has 4 heteroatoms. The number of ether oxygens (including phenoxy) is 1. The van der Waals surface area contributed by atoms with Gasteiger partial charge in [-0.2, -0.15) is 0 Å². The van der Waals surface area contributed by atoms with E-state index < -0.39 is 0 Å². The summed E-state index contributed by atoms with van der Waals surface area (Å²) in [5, 5.41) is 1.07. The Morgan fingerprint density at radius 1 is 1.30 bits per heavy atom. The first-order valence-electron chi connectivity index (χ1n) is 7.20. The maximum Gasteiger partial charge on any atom is 0.130 e. The highest BCUT2D eigenvalue weighted by Gasteiger charge is 2.19. The van der Waals surface area contributed by atoms with Crippen molar-refractivity contribution < 1.29 is 4.74 Å². The lowest BCUT2D eigenvalue weighted by molar-refractivity contribution is 0.115. The van der Waals surface area contributed by atoms with Gasteiger partial charge < -0.3 is 15.4 Å². The Bertz CT molecular complexity index is 591. The minimum Gasteiger partial charge on any atom is -0.490 e. The van der Waals surface area contributed by atoms with E-state index in [4.69, 9.17) is 10.5 Å². The van der Waals surface area contributed by atoms with E-state index in [1.807, 2.05) is 24.3 Å². The van der Waals surface area contributed by atoms with Crippen molar-refractivity contribution in [1.82, 2.24) is 9.88 Å². The molecule has 2 aromatic rings. The topological polar surface area (TPSA) is 51.4 Å². The summed E-state index contributed by atoms with van der Waals surface area (Å²) < 4.78 is 6.24. The van der Waals surface area contributed by atoms with Crippen LogP contribution in [0.1, 0.15) is 18.5 Å². The van der Waals surface area contributed by atoms with E-state index in [1.165, 1.54) is 0 Å². The van der Waals surface area contributed by atoms with Gasteiger partial charge in [-0.15, -0.1) is 0 Å². The van der Waals surface area contributed by atoms with Crippen molar-refractivity contribution in [1.29, 1.82) is 0 Å². The summed E-state index contributed by atoms with van der Waals surface area (Å²) in [6.07, 6.45) is 2.44. The third-order valence-corrected chi connectivity index (χ3v) is 3.90. The molecule has 1 fully saturated rings. The summed E-state index contributed by atoms with van der Waals surface area (Å²) in [4.78, 5) is 6.89. The number of piperidine rings is 1. The van der Waals surface area contributed by atoms with Crippen molar-refractivity contribution in [2.75, 3.05) is 20.1 Å². The van der Waals surface area contributed by atoms with Crippen molar-refractivity contribution in [2.45, 2.75) is 25.5 Å². The van der Waals surface area contributed by atoms with Crippen molar-refractivity contribution in [2.24, 2.45) is 5.73 Å². The lowest BCUT2D eigenvalue weighted by Gasteiger charge is -2.29. The van der Waals surface area contributed by atoms with Crippen LogP contribution in [0, 0.1) is 0 Å². The van der Waals surface area contributed by atoms with E-state index in [2.05, 4.69) is 23.0 Å². The van der Waals surface area contributed by atoms with Gasteiger partial charge in [-0.25, -0.2) is 0 Å². The highest BCUT2D eigenvalue weighted by atomic mass is 16.5. The van der Waals surface area contributed by atoms with Crippen LogP contribution in [-0.4, -0.2) is 36.1 Å². The number of para-hydroxylation sites is 1. The Balaban J connectivity index is 1.89. The summed E-state index contributed by atoms with van der Waals surface area (Å²) in [5.74, 6) is 0.922. The summed E-state index contributed by atoms with van der Waals surface area (Å²) >= 11 is 0. The Kier molecular flexibility index (Phi) is 3.85. The number of aromatic nitrogens is 1. The number of rotatable bonds is 3. The number of pyridine rings is 1. The van der Waals surface area contributed by atoms with Crippen LogP contribution in [0.4, 0.5) is 0 Å². The summed E-state index contributed by atoms with van der Waals surface area (Å²) in [6.45, 7) is 2.63. The molecule has 20 heavy (non-hydrogen) atoms. The molecule has 0 unspecified atom stereocenters. The van der Waals surface area contributed by atoms with E-state index >= 15 is 0 Å². The molecule has 1 aliphatic heterocycles. The molecule has 2 N–H and O–H groups in total. The molecule has 1 aromatic heterocycles. The maximum absolute atomic E-state index is 6.24. The zero-order chi connectivity index (χ0) is 13.9. The molecular formula is C16H21N3O. The van der Waals surface area contributed by atoms with Crippen molar-refractivity contribution in [3.63, 3.8) is 0 Å². The smallest absolute Gasteiger partial charge is 0.130 e. The second kappa shape index (κ2) is 5.77. The first-order valence-corrected chi connectivity index (χ1v) is 7.20. The molecule has 0 radical (unpaired) electrons. The van der Waals surface area contributed by atoms with Gasteiger partial charge in [0, 0.05) is 31.1 Å². The number of nitrogens with two attached hydrogens (primary N) is 1. The second-order valence-electron chi connectivity index (χ2n) is 5.45. The fraction of sp³-hybridized carbons (Fsp3) is 0.438. The van der Waals surface area contributed by atoms with Crippen LogP contribution in [0.15, 0.2) is 30.3 Å². The van der Waals surface area contributed by atoms with Crippen LogP contribution in [0.5, 0.6) is 5.75 Å². The molecule has 0 atom stereocenters. The fourth-order valence-electron chi connectivity index (χ4n) is 2.68. The van der Waals surface area contributed by atoms with Crippen LogP contribution in [0.3, 0.4) is 0 Å². The molecular weight excluding hydrogens is 250 g/mol. The SMILES string of the molecule is CN1CCC(Oc2cc(CN)nc3ccccc23)CC1. The standard InChI is InChI=1S/C16H21N3O/c1-19-8-6-13(7-9-19)20-16-10-12(11-17)18-15-5-3-2-4-14(15)16/h2-5,10,13H,6-9,11,17H2,1H3. The predicted molar refractivity (Wildman–Crippen MR) is 80.8 cm³/mol. The molecule has 4 nitrogen and oxygen atoms in total. The largest absolute Gasteiger partial charge is 0.490 e. The zero-order valence-corrected chi connectivity index (χ0v) is 11.9. The molecule has 1 aromatic carbocycles. The van der Waals surface area contributed by atoms with E-state index in [9.17, 15) is 0 Å². The molecule has 0 bridgehead atoms. The van der Waals surface area contributed by atoms with E-state index in [-0.39, 0.29) is 0 Å². The van der Waals surface area contributed by atoms with Gasteiger partial charge in [-0.05, 0) is 32.0 Å². The normalized spacial score (nSPS) is 17.5. The quantitative estimate of drug-likeness (QED) is 0.929. The van der Waals surface area contributed by atoms with Gasteiger partial charge in [-0.3, -0.25) is 4.98 Å². The first-order chi connectivity index (χ1) is 9.76. The molecule has 106 valence electrons. The van der Waals surface area contributed by atoms with E-state index in [1.54, 1.807) is 0 Å². The molecule has 1 aliphatic rings. The molecule has 0 spiro atoms. The summed E-state index contributed by atoms with van der Waals surface area (Å²) in [7, 11) is 2.16. The van der Waals surface area contributed by atoms with Gasteiger partial charge in [0.25, 0.3) is 0 Å². The van der Waals surface area contributed by atoms with E-state index in [0.717, 1.165) is 48.3 Å². The zero-order valence-electron chi connectivity index (χ0n) is 11.9. The van der Waals surface area contributed by atoms with Gasteiger partial charge in [0.1, 0.15) is 11.9 Å². The summed E-state index contributed by atoms with van der Waals surface area (Å²) in [6, 6.07) is 10.1. The highest BCUT2D eigenvalue weighted by molar-refractivity contribution is 5.85. The first kappa shape index (κ1) is 13.3. The lowest BCUT2D eigenvalue weighted by atomic mass is 10.1. The van der Waals surface area contributed by atoms with Crippen molar-refractivity contribution in [3.05, 3.63) is 36.0 Å². The van der Waals surface area contributed by atoms with E-state index in [0.29, 0.717) is 12.6 Å². The number of hydrogen-bond donors (Lipinski definition) is 1. The van der Waals surface area contributed by atoms with Gasteiger partial charge in [-0.1, -0.05) is 12.1 Å². The Labute approximate surface area is 119 Å². The predicted octanol–water partition coefficient (Wildman–Crippen LogP) is 2.17. The monoisotopic (exact) mass is 271 g/mol. The number of likely N-dealkylation sites (tertiary alicyclic amines) is 1. The summed E-state index contributed by atoms with van der Waals surface area (Å²) in [5.41, 5.74) is 7.57. The lowest BCUT2D eigenvalue weighted by Crippen LogP contribution is -2.35. The molecule has 0 saturated carbocycles. The maximum atomic E-state index is 6.24. The van der Waals surface area contributed by atoms with Crippen LogP contribution in [0.2, 0.25) is 0 Å². The minimum atomic E-state index is 0.294. The van der Waals surface area contributed by atoms with Gasteiger partial charge in [0.05, 0.1) is 11.2 Å². The molecule has 1 saturated heterocycles. The Morgan fingerprint density at radius 3 is 2.80 bits per heavy atom.